The number of hydrogen-bond acceptors (Lipinski definition) is 4. The molecular weight excluding hydrogens is 517 g/mol. The third-order valence-electron chi connectivity index (χ3n) is 7.04. The fraction of sp³-hybridized carbons (Fsp3) is 0.152. The smallest absolute Gasteiger partial charge is 0.270 e. The van der Waals surface area contributed by atoms with E-state index in [1.807, 2.05) is 80.6 Å². The summed E-state index contributed by atoms with van der Waals surface area (Å²) in [5.74, 6) is -1.94. The van der Waals surface area contributed by atoms with E-state index in [0.717, 1.165) is 27.9 Å². The van der Waals surface area contributed by atoms with Gasteiger partial charge in [0.05, 0.1) is 0 Å². The van der Waals surface area contributed by atoms with Gasteiger partial charge in [0.2, 0.25) is 5.91 Å². The number of aromatic nitrogens is 3. The van der Waals surface area contributed by atoms with Gasteiger partial charge in [-0.2, -0.15) is 5.10 Å². The molecule has 5 aromatic rings. The van der Waals surface area contributed by atoms with Gasteiger partial charge in [0, 0.05) is 42.3 Å². The van der Waals surface area contributed by atoms with Crippen LogP contribution in [-0.4, -0.2) is 32.6 Å². The predicted octanol–water partition coefficient (Wildman–Crippen LogP) is 5.81. The van der Waals surface area contributed by atoms with Gasteiger partial charge in [0.15, 0.2) is 0 Å². The Morgan fingerprint density at radius 3 is 2.10 bits per heavy atom. The van der Waals surface area contributed by atoms with Crippen LogP contribution in [0.15, 0.2) is 103 Å². The summed E-state index contributed by atoms with van der Waals surface area (Å²) >= 11 is 0. The monoisotopic (exact) mass is 547 g/mol. The van der Waals surface area contributed by atoms with Gasteiger partial charge in [-0.1, -0.05) is 60.7 Å². The number of hydrogen-bond donors (Lipinski definition) is 2. The SMILES string of the molecule is Cc1cc(-c2ccc(NC(=O)[C@@H](NC(=O)c3ccnn3C)C(c3ccccc3)c3ccccc3)cc2F)c(C)cn1. The molecule has 0 unspecified atom stereocenters. The van der Waals surface area contributed by atoms with Crippen LogP contribution in [0, 0.1) is 19.7 Å². The number of aryl methyl sites for hydroxylation is 3. The number of carbonyl (C=O) groups excluding carboxylic acids is 2. The lowest BCUT2D eigenvalue weighted by Crippen LogP contribution is -2.48. The zero-order valence-electron chi connectivity index (χ0n) is 23.0. The molecular formula is C33H30FN5O2. The minimum absolute atomic E-state index is 0.277. The minimum atomic E-state index is -1.03. The van der Waals surface area contributed by atoms with E-state index in [4.69, 9.17) is 0 Å². The van der Waals surface area contributed by atoms with Gasteiger partial charge >= 0.3 is 0 Å². The Kier molecular flexibility index (Phi) is 8.01. The minimum Gasteiger partial charge on any atom is -0.338 e. The van der Waals surface area contributed by atoms with Crippen molar-refractivity contribution in [1.82, 2.24) is 20.1 Å². The summed E-state index contributed by atoms with van der Waals surface area (Å²) in [6, 6.07) is 26.0. The molecule has 2 aromatic heterocycles. The van der Waals surface area contributed by atoms with E-state index in [-0.39, 0.29) is 5.69 Å². The Morgan fingerprint density at radius 2 is 1.51 bits per heavy atom. The van der Waals surface area contributed by atoms with Crippen LogP contribution in [0.2, 0.25) is 0 Å². The summed E-state index contributed by atoms with van der Waals surface area (Å²) in [7, 11) is 1.66. The Hall–Kier alpha value is -5.11. The number of rotatable bonds is 8. The molecule has 206 valence electrons. The summed E-state index contributed by atoms with van der Waals surface area (Å²) in [6.45, 7) is 3.73. The third-order valence-corrected chi connectivity index (χ3v) is 7.04. The Bertz CT molecular complexity index is 1650. The zero-order chi connectivity index (χ0) is 28.9. The first-order valence-electron chi connectivity index (χ1n) is 13.2. The molecule has 7 nitrogen and oxygen atoms in total. The number of nitrogens with one attached hydrogen (secondary N) is 2. The average molecular weight is 548 g/mol. The van der Waals surface area contributed by atoms with Crippen molar-refractivity contribution in [3.05, 3.63) is 137 Å². The van der Waals surface area contributed by atoms with E-state index in [1.165, 1.54) is 16.9 Å². The van der Waals surface area contributed by atoms with Crippen LogP contribution < -0.4 is 10.6 Å². The molecule has 0 aliphatic carbocycles. The van der Waals surface area contributed by atoms with Gasteiger partial charge < -0.3 is 10.6 Å². The fourth-order valence-corrected chi connectivity index (χ4v) is 4.96. The molecule has 0 spiro atoms. The van der Waals surface area contributed by atoms with Gasteiger partial charge in [-0.3, -0.25) is 19.3 Å². The molecule has 0 saturated heterocycles. The quantitative estimate of drug-likeness (QED) is 0.257. The normalized spacial score (nSPS) is 11.7. The number of amides is 2. The van der Waals surface area contributed by atoms with Gasteiger partial charge in [-0.25, -0.2) is 4.39 Å². The van der Waals surface area contributed by atoms with E-state index in [0.29, 0.717) is 11.3 Å². The van der Waals surface area contributed by atoms with Gasteiger partial charge in [0.25, 0.3) is 5.91 Å². The first kappa shape index (κ1) is 27.5. The average Bonchev–Trinajstić information content (AvgIpc) is 3.41. The summed E-state index contributed by atoms with van der Waals surface area (Å²) in [5.41, 5.74) is 5.05. The molecule has 3 aromatic carbocycles. The van der Waals surface area contributed by atoms with E-state index in [2.05, 4.69) is 20.7 Å². The number of carbonyl (C=O) groups is 2. The molecule has 2 heterocycles. The lowest BCUT2D eigenvalue weighted by atomic mass is 9.84. The first-order valence-corrected chi connectivity index (χ1v) is 13.2. The molecule has 41 heavy (non-hydrogen) atoms. The molecule has 0 aliphatic rings. The second-order valence-corrected chi connectivity index (χ2v) is 9.91. The molecule has 0 saturated carbocycles. The van der Waals surface area contributed by atoms with Crippen molar-refractivity contribution >= 4 is 17.5 Å². The number of benzene rings is 3. The lowest BCUT2D eigenvalue weighted by Gasteiger charge is -2.28. The maximum absolute atomic E-state index is 15.4. The van der Waals surface area contributed by atoms with Crippen LogP contribution in [0.3, 0.4) is 0 Å². The van der Waals surface area contributed by atoms with Crippen molar-refractivity contribution in [2.45, 2.75) is 25.8 Å². The summed E-state index contributed by atoms with van der Waals surface area (Å²) in [6.07, 6.45) is 3.23. The lowest BCUT2D eigenvalue weighted by molar-refractivity contribution is -0.118. The molecule has 0 bridgehead atoms. The second kappa shape index (κ2) is 12.0. The van der Waals surface area contributed by atoms with Crippen molar-refractivity contribution in [1.29, 1.82) is 0 Å². The van der Waals surface area contributed by atoms with E-state index < -0.39 is 29.6 Å². The largest absolute Gasteiger partial charge is 0.338 e. The second-order valence-electron chi connectivity index (χ2n) is 9.91. The fourth-order valence-electron chi connectivity index (χ4n) is 4.96. The molecule has 5 rings (SSSR count). The summed E-state index contributed by atoms with van der Waals surface area (Å²) in [5, 5.41) is 9.86. The van der Waals surface area contributed by atoms with Crippen molar-refractivity contribution in [3.8, 4) is 11.1 Å². The number of halogens is 1. The van der Waals surface area contributed by atoms with E-state index in [1.54, 1.807) is 31.4 Å². The van der Waals surface area contributed by atoms with Gasteiger partial charge in [-0.15, -0.1) is 0 Å². The predicted molar refractivity (Wildman–Crippen MR) is 157 cm³/mol. The molecule has 2 N–H and O–H groups in total. The van der Waals surface area contributed by atoms with E-state index in [9.17, 15) is 9.59 Å². The highest BCUT2D eigenvalue weighted by atomic mass is 19.1. The van der Waals surface area contributed by atoms with Crippen LogP contribution in [0.1, 0.15) is 38.8 Å². The molecule has 8 heteroatoms. The van der Waals surface area contributed by atoms with Crippen LogP contribution in [-0.2, 0) is 11.8 Å². The topological polar surface area (TPSA) is 88.9 Å². The maximum atomic E-state index is 15.4. The van der Waals surface area contributed by atoms with Crippen LogP contribution in [0.5, 0.6) is 0 Å². The summed E-state index contributed by atoms with van der Waals surface area (Å²) in [4.78, 5) is 31.6. The van der Waals surface area contributed by atoms with Crippen molar-refractivity contribution in [3.63, 3.8) is 0 Å². The third kappa shape index (κ3) is 6.06. The highest BCUT2D eigenvalue weighted by Crippen LogP contribution is 2.31. The highest BCUT2D eigenvalue weighted by molar-refractivity contribution is 6.01. The molecule has 1 atom stereocenters. The van der Waals surface area contributed by atoms with Crippen molar-refractivity contribution < 1.29 is 14.0 Å². The Balaban J connectivity index is 1.51. The molecule has 0 fully saturated rings. The molecule has 0 aliphatic heterocycles. The molecule has 0 radical (unpaired) electrons. The number of anilines is 1. The zero-order valence-corrected chi connectivity index (χ0v) is 23.0. The standard InChI is InChI=1S/C33H30FN5O2/c1-21-20-35-22(2)18-27(21)26-15-14-25(19-28(26)34)37-33(41)31(38-32(40)29-16-17-36-39(29)3)30(23-10-6-4-7-11-23)24-12-8-5-9-13-24/h4-20,30-31H,1-3H3,(H,37,41)(H,38,40)/t31-/m0/s1. The van der Waals surface area contributed by atoms with Crippen LogP contribution >= 0.6 is 0 Å². The number of pyridine rings is 1. The van der Waals surface area contributed by atoms with Crippen LogP contribution in [0.25, 0.3) is 11.1 Å². The van der Waals surface area contributed by atoms with Crippen molar-refractivity contribution in [2.75, 3.05) is 5.32 Å². The van der Waals surface area contributed by atoms with Gasteiger partial charge in [0.1, 0.15) is 17.6 Å². The number of nitrogens with zero attached hydrogens (tertiary/aromatic N) is 3. The van der Waals surface area contributed by atoms with Gasteiger partial charge in [-0.05, 0) is 66.4 Å². The van der Waals surface area contributed by atoms with Crippen molar-refractivity contribution in [2.24, 2.45) is 7.05 Å². The first-order chi connectivity index (χ1) is 19.8. The van der Waals surface area contributed by atoms with Crippen LogP contribution in [0.4, 0.5) is 10.1 Å². The molecule has 2 amide bonds. The Morgan fingerprint density at radius 1 is 0.854 bits per heavy atom. The summed E-state index contributed by atoms with van der Waals surface area (Å²) < 4.78 is 16.8. The maximum Gasteiger partial charge on any atom is 0.270 e. The van der Waals surface area contributed by atoms with E-state index >= 15 is 4.39 Å². The highest BCUT2D eigenvalue weighted by Gasteiger charge is 2.33. The Labute approximate surface area is 238 Å².